The predicted octanol–water partition coefficient (Wildman–Crippen LogP) is 3.18. The van der Waals surface area contributed by atoms with E-state index in [2.05, 4.69) is 20.4 Å². The molecule has 0 heterocycles. The summed E-state index contributed by atoms with van der Waals surface area (Å²) < 4.78 is 5.09. The molecule has 0 radical (unpaired) electrons. The van der Waals surface area contributed by atoms with Gasteiger partial charge in [-0.1, -0.05) is 20.4 Å². The van der Waals surface area contributed by atoms with Gasteiger partial charge in [-0.05, 0) is 24.2 Å². The summed E-state index contributed by atoms with van der Waals surface area (Å²) in [6, 6.07) is 0. The Balaban J connectivity index is 2.41. The zero-order valence-corrected chi connectivity index (χ0v) is 10.1. The van der Waals surface area contributed by atoms with Gasteiger partial charge in [-0.15, -0.1) is 0 Å². The van der Waals surface area contributed by atoms with Crippen LogP contribution in [0.3, 0.4) is 0 Å². The van der Waals surface area contributed by atoms with Crippen LogP contribution >= 0.6 is 0 Å². The summed E-state index contributed by atoms with van der Waals surface area (Å²) in [5.41, 5.74) is 0. The topological polar surface area (TPSA) is 26.3 Å². The highest BCUT2D eigenvalue weighted by Gasteiger charge is 2.29. The minimum atomic E-state index is 0.435. The van der Waals surface area contributed by atoms with Gasteiger partial charge in [-0.2, -0.15) is 0 Å². The summed E-state index contributed by atoms with van der Waals surface area (Å²) >= 11 is 0. The summed E-state index contributed by atoms with van der Waals surface area (Å²) in [4.78, 5) is 11.2. The zero-order valence-electron chi connectivity index (χ0n) is 10.1. The molecule has 2 nitrogen and oxygen atoms in total. The first-order valence-corrected chi connectivity index (χ1v) is 5.78. The lowest BCUT2D eigenvalue weighted by Gasteiger charge is -2.25. The van der Waals surface area contributed by atoms with Gasteiger partial charge in [0.15, 0.2) is 0 Å². The van der Waals surface area contributed by atoms with Crippen LogP contribution in [-0.4, -0.2) is 12.9 Å². The largest absolute Gasteiger partial charge is 0.502 e. The number of carbonyl (C=O) groups is 1. The molecular formula is C13H22O2. The number of allylic oxidation sites excluding steroid dienone is 1. The standard InChI is InChI=1S/C13H22O2/c1-9(7-10(2)15-4)11(3)12-5-6-13(14)8-12/h9,11-12H,2,5-8H2,1,3-4H3. The zero-order chi connectivity index (χ0) is 11.4. The van der Waals surface area contributed by atoms with Gasteiger partial charge in [0.25, 0.3) is 0 Å². The van der Waals surface area contributed by atoms with Gasteiger partial charge in [-0.3, -0.25) is 4.79 Å². The van der Waals surface area contributed by atoms with Crippen LogP contribution in [0, 0.1) is 17.8 Å². The van der Waals surface area contributed by atoms with E-state index >= 15 is 0 Å². The highest BCUT2D eigenvalue weighted by molar-refractivity contribution is 5.80. The van der Waals surface area contributed by atoms with Crippen molar-refractivity contribution in [2.75, 3.05) is 7.11 Å². The molecule has 0 aromatic heterocycles. The number of hydrogen-bond donors (Lipinski definition) is 0. The fourth-order valence-corrected chi connectivity index (χ4v) is 2.38. The first-order chi connectivity index (χ1) is 7.04. The highest BCUT2D eigenvalue weighted by Crippen LogP contribution is 2.35. The van der Waals surface area contributed by atoms with E-state index in [9.17, 15) is 4.79 Å². The molecule has 1 rings (SSSR count). The Kier molecular flexibility index (Phi) is 4.37. The first kappa shape index (κ1) is 12.3. The summed E-state index contributed by atoms with van der Waals surface area (Å²) in [5, 5.41) is 0. The van der Waals surface area contributed by atoms with Crippen molar-refractivity contribution in [3.63, 3.8) is 0 Å². The first-order valence-electron chi connectivity index (χ1n) is 5.78. The van der Waals surface area contributed by atoms with Gasteiger partial charge in [0.05, 0.1) is 12.9 Å². The second kappa shape index (κ2) is 5.34. The minimum absolute atomic E-state index is 0.435. The van der Waals surface area contributed by atoms with Crippen LogP contribution in [0.2, 0.25) is 0 Å². The second-order valence-electron chi connectivity index (χ2n) is 4.82. The maximum Gasteiger partial charge on any atom is 0.133 e. The SMILES string of the molecule is C=C(CC(C)C(C)C1CCC(=O)C1)OC. The van der Waals surface area contributed by atoms with Crippen LogP contribution in [0.1, 0.15) is 39.5 Å². The molecule has 3 unspecified atom stereocenters. The summed E-state index contributed by atoms with van der Waals surface area (Å²) in [6.07, 6.45) is 3.55. The quantitative estimate of drug-likeness (QED) is 0.651. The number of ether oxygens (including phenoxy) is 1. The Labute approximate surface area is 92.7 Å². The van der Waals surface area contributed by atoms with Crippen molar-refractivity contribution < 1.29 is 9.53 Å². The van der Waals surface area contributed by atoms with E-state index in [1.165, 1.54) is 0 Å². The van der Waals surface area contributed by atoms with Gasteiger partial charge in [-0.25, -0.2) is 0 Å². The summed E-state index contributed by atoms with van der Waals surface area (Å²) in [5.74, 6) is 3.00. The normalized spacial score (nSPS) is 25.0. The molecule has 0 aromatic carbocycles. The Hall–Kier alpha value is -0.790. The molecule has 0 amide bonds. The fraction of sp³-hybridized carbons (Fsp3) is 0.769. The number of ketones is 1. The summed E-state index contributed by atoms with van der Waals surface area (Å²) in [6.45, 7) is 8.31. The van der Waals surface area contributed by atoms with E-state index in [1.54, 1.807) is 7.11 Å². The van der Waals surface area contributed by atoms with Crippen LogP contribution in [0.15, 0.2) is 12.3 Å². The van der Waals surface area contributed by atoms with Crippen LogP contribution in [-0.2, 0) is 9.53 Å². The molecule has 1 aliphatic rings. The smallest absolute Gasteiger partial charge is 0.133 e. The lowest BCUT2D eigenvalue weighted by Crippen LogP contribution is -2.17. The van der Waals surface area contributed by atoms with Crippen molar-refractivity contribution in [1.82, 2.24) is 0 Å². The molecule has 0 N–H and O–H groups in total. The van der Waals surface area contributed by atoms with Crippen LogP contribution in [0.25, 0.3) is 0 Å². The third-order valence-electron chi connectivity index (χ3n) is 3.76. The highest BCUT2D eigenvalue weighted by atomic mass is 16.5. The maximum atomic E-state index is 11.2. The average molecular weight is 210 g/mol. The lowest BCUT2D eigenvalue weighted by molar-refractivity contribution is -0.117. The van der Waals surface area contributed by atoms with E-state index in [4.69, 9.17) is 4.74 Å². The monoisotopic (exact) mass is 210 g/mol. The van der Waals surface area contributed by atoms with E-state index in [0.29, 0.717) is 23.5 Å². The second-order valence-corrected chi connectivity index (χ2v) is 4.82. The van der Waals surface area contributed by atoms with Crippen molar-refractivity contribution in [2.45, 2.75) is 39.5 Å². The number of carbonyl (C=O) groups excluding carboxylic acids is 1. The van der Waals surface area contributed by atoms with Gasteiger partial charge in [0.2, 0.25) is 0 Å². The number of Topliss-reactive ketones (excluding diaryl/α,β-unsaturated/α-hetero) is 1. The Bertz CT molecular complexity index is 245. The Morgan fingerprint density at radius 2 is 2.27 bits per heavy atom. The molecular weight excluding hydrogens is 188 g/mol. The van der Waals surface area contributed by atoms with Crippen LogP contribution in [0.4, 0.5) is 0 Å². The molecule has 0 spiro atoms. The van der Waals surface area contributed by atoms with Crippen LogP contribution < -0.4 is 0 Å². The molecule has 15 heavy (non-hydrogen) atoms. The Morgan fingerprint density at radius 1 is 1.60 bits per heavy atom. The van der Waals surface area contributed by atoms with Gasteiger partial charge in [0, 0.05) is 19.3 Å². The number of hydrogen-bond acceptors (Lipinski definition) is 2. The molecule has 1 saturated carbocycles. The molecule has 0 aliphatic heterocycles. The Morgan fingerprint density at radius 3 is 2.73 bits per heavy atom. The molecule has 1 aliphatic carbocycles. The van der Waals surface area contributed by atoms with E-state index in [1.807, 2.05) is 0 Å². The number of rotatable bonds is 5. The van der Waals surface area contributed by atoms with E-state index in [0.717, 1.165) is 31.4 Å². The summed E-state index contributed by atoms with van der Waals surface area (Å²) in [7, 11) is 1.67. The number of methoxy groups -OCH3 is 1. The molecule has 3 atom stereocenters. The van der Waals surface area contributed by atoms with Crippen molar-refractivity contribution in [1.29, 1.82) is 0 Å². The van der Waals surface area contributed by atoms with E-state index < -0.39 is 0 Å². The van der Waals surface area contributed by atoms with E-state index in [-0.39, 0.29) is 0 Å². The van der Waals surface area contributed by atoms with Crippen molar-refractivity contribution in [3.05, 3.63) is 12.3 Å². The molecule has 86 valence electrons. The third-order valence-corrected chi connectivity index (χ3v) is 3.76. The molecule has 0 bridgehead atoms. The minimum Gasteiger partial charge on any atom is -0.502 e. The van der Waals surface area contributed by atoms with Gasteiger partial charge in [0.1, 0.15) is 5.78 Å². The van der Waals surface area contributed by atoms with Crippen molar-refractivity contribution in [3.8, 4) is 0 Å². The molecule has 1 fully saturated rings. The van der Waals surface area contributed by atoms with Gasteiger partial charge < -0.3 is 4.74 Å². The third kappa shape index (κ3) is 3.37. The lowest BCUT2D eigenvalue weighted by atomic mass is 9.81. The van der Waals surface area contributed by atoms with Crippen molar-refractivity contribution in [2.24, 2.45) is 17.8 Å². The molecule has 2 heteroatoms. The maximum absolute atomic E-state index is 11.2. The van der Waals surface area contributed by atoms with Crippen LogP contribution in [0.5, 0.6) is 0 Å². The average Bonchev–Trinajstić information content (AvgIpc) is 2.63. The van der Waals surface area contributed by atoms with Crippen molar-refractivity contribution >= 4 is 5.78 Å². The van der Waals surface area contributed by atoms with Gasteiger partial charge >= 0.3 is 0 Å². The molecule has 0 saturated heterocycles. The molecule has 0 aromatic rings. The predicted molar refractivity (Wildman–Crippen MR) is 61.4 cm³/mol. The fourth-order valence-electron chi connectivity index (χ4n) is 2.38.